The Labute approximate surface area is 78.1 Å². The van der Waals surface area contributed by atoms with E-state index in [-0.39, 0.29) is 5.96 Å². The largest absolute Gasteiger partial charge is 0.331 e. The van der Waals surface area contributed by atoms with Gasteiger partial charge in [-0.25, -0.2) is 10.1 Å². The maximum Gasteiger partial charge on any atom is 0.280 e. The average Bonchev–Trinajstić information content (AvgIpc) is 2.38. The summed E-state index contributed by atoms with van der Waals surface area (Å²) >= 11 is 0. The topological polar surface area (TPSA) is 138 Å². The number of nitro groups is 1. The first kappa shape index (κ1) is 9.11. The van der Waals surface area contributed by atoms with Crippen molar-refractivity contribution in [2.75, 3.05) is 0 Å². The molecule has 11 heteroatoms. The molecule has 0 aliphatic carbocycles. The molecule has 2 atom stereocenters. The van der Waals surface area contributed by atoms with Crippen LogP contribution in [0.15, 0.2) is 5.10 Å². The molecular formula is C3H6N6O4S. The van der Waals surface area contributed by atoms with Gasteiger partial charge in [-0.05, 0) is 0 Å². The lowest BCUT2D eigenvalue weighted by molar-refractivity contribution is -0.485. The van der Waals surface area contributed by atoms with Gasteiger partial charge in [-0.1, -0.05) is 0 Å². The van der Waals surface area contributed by atoms with Crippen molar-refractivity contribution < 1.29 is 13.5 Å². The van der Waals surface area contributed by atoms with Crippen molar-refractivity contribution >= 4 is 16.2 Å². The van der Waals surface area contributed by atoms with Gasteiger partial charge in [-0.15, -0.1) is 0 Å². The predicted octanol–water partition coefficient (Wildman–Crippen LogP) is -3.18. The molecule has 2 fully saturated rings. The molecule has 2 unspecified atom stereocenters. The zero-order valence-corrected chi connectivity index (χ0v) is 7.41. The van der Waals surface area contributed by atoms with Gasteiger partial charge in [0.15, 0.2) is 5.03 Å². The highest BCUT2D eigenvalue weighted by molar-refractivity contribution is 7.87. The lowest BCUT2D eigenvalue weighted by Gasteiger charge is -2.01. The van der Waals surface area contributed by atoms with E-state index < -0.39 is 27.6 Å². The van der Waals surface area contributed by atoms with E-state index in [1.54, 1.807) is 0 Å². The van der Waals surface area contributed by atoms with Crippen molar-refractivity contribution in [2.24, 2.45) is 5.10 Å². The molecule has 2 aliphatic heterocycles. The quantitative estimate of drug-likeness (QED) is 0.272. The van der Waals surface area contributed by atoms with E-state index in [1.165, 1.54) is 0 Å². The second-order valence-electron chi connectivity index (χ2n) is 2.67. The number of nitrogens with zero attached hydrogens (tertiary/aromatic N) is 2. The summed E-state index contributed by atoms with van der Waals surface area (Å²) in [6.07, 6.45) is -1.31. The van der Waals surface area contributed by atoms with E-state index in [0.717, 1.165) is 0 Å². The number of hydrogen-bond acceptors (Lipinski definition) is 4. The van der Waals surface area contributed by atoms with E-state index in [4.69, 9.17) is 0 Å². The monoisotopic (exact) mass is 222 g/mol. The van der Waals surface area contributed by atoms with Crippen molar-refractivity contribution in [1.29, 1.82) is 0 Å². The van der Waals surface area contributed by atoms with E-state index in [1.807, 2.05) is 0 Å². The number of nitrogens with one attached hydrogen (secondary N) is 4. The van der Waals surface area contributed by atoms with Crippen LogP contribution in [0.3, 0.4) is 0 Å². The third-order valence-corrected chi connectivity index (χ3v) is 2.79. The minimum atomic E-state index is -3.51. The van der Waals surface area contributed by atoms with Gasteiger partial charge in [-0.3, -0.25) is 0 Å². The molecule has 0 aromatic rings. The van der Waals surface area contributed by atoms with E-state index in [2.05, 4.69) is 25.2 Å². The lowest BCUT2D eigenvalue weighted by Crippen LogP contribution is -2.40. The second-order valence-corrected chi connectivity index (χ2v) is 4.15. The lowest BCUT2D eigenvalue weighted by atomic mass is 10.4. The van der Waals surface area contributed by atoms with E-state index in [9.17, 15) is 18.5 Å². The van der Waals surface area contributed by atoms with Crippen LogP contribution in [0.4, 0.5) is 0 Å². The molecule has 0 bridgehead atoms. The van der Waals surface area contributed by atoms with Crippen molar-refractivity contribution in [2.45, 2.75) is 12.3 Å². The Hall–Kier alpha value is -1.46. The van der Waals surface area contributed by atoms with Crippen LogP contribution >= 0.6 is 0 Å². The van der Waals surface area contributed by atoms with Crippen LogP contribution in [-0.2, 0) is 10.2 Å². The van der Waals surface area contributed by atoms with Crippen LogP contribution in [0.5, 0.6) is 0 Å². The van der Waals surface area contributed by atoms with Crippen molar-refractivity contribution in [1.82, 2.24) is 20.1 Å². The highest BCUT2D eigenvalue weighted by Crippen LogP contribution is 2.05. The molecule has 0 spiro atoms. The average molecular weight is 222 g/mol. The summed E-state index contributed by atoms with van der Waals surface area (Å²) in [6.45, 7) is 0. The summed E-state index contributed by atoms with van der Waals surface area (Å²) in [5.74, 6) is -0.0834. The van der Waals surface area contributed by atoms with Gasteiger partial charge in [0.1, 0.15) is 17.4 Å². The molecular weight excluding hydrogens is 216 g/mol. The maximum absolute atomic E-state index is 10.9. The first-order valence-corrected chi connectivity index (χ1v) is 5.00. The van der Waals surface area contributed by atoms with Crippen LogP contribution in [0, 0.1) is 10.1 Å². The molecule has 2 heterocycles. The Morgan fingerprint density at radius 3 is 2.21 bits per heavy atom. The summed E-state index contributed by atoms with van der Waals surface area (Å²) < 4.78 is 26.2. The first-order valence-electron chi connectivity index (χ1n) is 3.52. The molecule has 0 amide bonds. The zero-order valence-electron chi connectivity index (χ0n) is 6.59. The Morgan fingerprint density at radius 2 is 1.79 bits per heavy atom. The molecule has 0 saturated carbocycles. The third kappa shape index (κ3) is 1.59. The van der Waals surface area contributed by atoms with Crippen LogP contribution < -0.4 is 20.1 Å². The highest BCUT2D eigenvalue weighted by atomic mass is 32.2. The Bertz CT molecular complexity index is 379. The van der Waals surface area contributed by atoms with Crippen molar-refractivity contribution in [3.8, 4) is 0 Å². The second kappa shape index (κ2) is 2.76. The van der Waals surface area contributed by atoms with Crippen LogP contribution in [-0.4, -0.2) is 31.7 Å². The molecule has 10 nitrogen and oxygen atoms in total. The number of fused-ring (bicyclic) bond motifs is 1. The third-order valence-electron chi connectivity index (χ3n) is 1.66. The Kier molecular flexibility index (Phi) is 1.80. The molecule has 0 aromatic heterocycles. The fourth-order valence-corrected chi connectivity index (χ4v) is 2.33. The van der Waals surface area contributed by atoms with Crippen molar-refractivity contribution in [3.63, 3.8) is 0 Å². The van der Waals surface area contributed by atoms with Crippen LogP contribution in [0.1, 0.15) is 0 Å². The molecule has 2 rings (SSSR count). The van der Waals surface area contributed by atoms with Gasteiger partial charge in [-0.2, -0.15) is 17.9 Å². The summed E-state index contributed by atoms with van der Waals surface area (Å²) in [5.41, 5.74) is 0. The SMILES string of the molecule is O=[N+]([O-])N=C1NC2NS(=O)(=O)NC2N1. The summed E-state index contributed by atoms with van der Waals surface area (Å²) in [7, 11) is -3.51. The Morgan fingerprint density at radius 1 is 1.29 bits per heavy atom. The number of hydrazone groups is 1. The van der Waals surface area contributed by atoms with E-state index >= 15 is 0 Å². The molecule has 2 aliphatic rings. The summed E-state index contributed by atoms with van der Waals surface area (Å²) in [4.78, 5) is 9.98. The molecule has 4 N–H and O–H groups in total. The molecule has 0 aromatic carbocycles. The fourth-order valence-electron chi connectivity index (χ4n) is 1.21. The number of rotatable bonds is 1. The minimum Gasteiger partial charge on any atom is -0.331 e. The van der Waals surface area contributed by atoms with Gasteiger partial charge >= 0.3 is 0 Å². The van der Waals surface area contributed by atoms with Gasteiger partial charge in [0, 0.05) is 0 Å². The summed E-state index contributed by atoms with van der Waals surface area (Å²) in [5, 5.41) is 17.0. The number of guanidine groups is 1. The van der Waals surface area contributed by atoms with Gasteiger partial charge in [0.05, 0.1) is 0 Å². The molecule has 0 radical (unpaired) electrons. The minimum absolute atomic E-state index is 0.0834. The highest BCUT2D eigenvalue weighted by Gasteiger charge is 2.42. The Balaban J connectivity index is 2.11. The first-order chi connectivity index (χ1) is 6.46. The standard InChI is InChI=1S/C3H6N6O4S/c10-9(11)6-3-4-1-2(5-3)8-14(12,13)7-1/h1-2,7-8H,(H2,4,5,6). The normalized spacial score (nSPS) is 33.0. The molecule has 78 valence electrons. The zero-order chi connectivity index (χ0) is 10.3. The van der Waals surface area contributed by atoms with Gasteiger partial charge < -0.3 is 10.6 Å². The number of hydrogen-bond donors (Lipinski definition) is 4. The van der Waals surface area contributed by atoms with E-state index in [0.29, 0.717) is 0 Å². The predicted molar refractivity (Wildman–Crippen MR) is 43.5 cm³/mol. The van der Waals surface area contributed by atoms with Gasteiger partial charge in [0.2, 0.25) is 0 Å². The smallest absolute Gasteiger partial charge is 0.280 e. The van der Waals surface area contributed by atoms with Gasteiger partial charge in [0.25, 0.3) is 16.2 Å². The van der Waals surface area contributed by atoms with Crippen LogP contribution in [0.2, 0.25) is 0 Å². The fraction of sp³-hybridized carbons (Fsp3) is 0.667. The maximum atomic E-state index is 10.9. The van der Waals surface area contributed by atoms with Crippen LogP contribution in [0.25, 0.3) is 0 Å². The molecule has 14 heavy (non-hydrogen) atoms. The summed E-state index contributed by atoms with van der Waals surface area (Å²) in [6, 6.07) is 0. The molecule has 2 saturated heterocycles. The van der Waals surface area contributed by atoms with Crippen molar-refractivity contribution in [3.05, 3.63) is 10.1 Å².